The predicted molar refractivity (Wildman–Crippen MR) is 98.8 cm³/mol. The Hall–Kier alpha value is -3.21. The summed E-state index contributed by atoms with van der Waals surface area (Å²) in [5.41, 5.74) is 3.72. The van der Waals surface area contributed by atoms with Crippen molar-refractivity contribution in [1.29, 1.82) is 0 Å². The number of aryl methyl sites for hydroxylation is 2. The van der Waals surface area contributed by atoms with Gasteiger partial charge < -0.3 is 9.88 Å². The van der Waals surface area contributed by atoms with Crippen molar-refractivity contribution in [2.24, 2.45) is 0 Å². The average Bonchev–Trinajstić information content (AvgIpc) is 3.06. The molecule has 4 nitrogen and oxygen atoms in total. The first-order valence-electron chi connectivity index (χ1n) is 8.26. The van der Waals surface area contributed by atoms with Crippen LogP contribution in [0.15, 0.2) is 60.8 Å². The normalized spacial score (nSPS) is 10.6. The molecule has 1 N–H and O–H groups in total. The molecule has 132 valence electrons. The van der Waals surface area contributed by atoms with E-state index in [0.717, 1.165) is 16.7 Å². The van der Waals surface area contributed by atoms with Gasteiger partial charge >= 0.3 is 0 Å². The van der Waals surface area contributed by atoms with Gasteiger partial charge in [-0.3, -0.25) is 9.59 Å². The van der Waals surface area contributed by atoms with Crippen LogP contribution in [-0.4, -0.2) is 16.3 Å². The molecule has 0 radical (unpaired) electrons. The minimum atomic E-state index is -0.684. The van der Waals surface area contributed by atoms with E-state index in [0.29, 0.717) is 12.2 Å². The molecule has 0 aliphatic heterocycles. The fourth-order valence-corrected chi connectivity index (χ4v) is 2.79. The van der Waals surface area contributed by atoms with E-state index in [2.05, 4.69) is 5.32 Å². The Morgan fingerprint density at radius 1 is 1.04 bits per heavy atom. The zero-order chi connectivity index (χ0) is 18.7. The van der Waals surface area contributed by atoms with Gasteiger partial charge in [0, 0.05) is 18.4 Å². The van der Waals surface area contributed by atoms with Gasteiger partial charge in [-0.05, 0) is 55.3 Å². The van der Waals surface area contributed by atoms with Crippen LogP contribution in [0, 0.1) is 19.7 Å². The first-order chi connectivity index (χ1) is 12.4. The van der Waals surface area contributed by atoms with Crippen LogP contribution in [0.1, 0.15) is 27.2 Å². The summed E-state index contributed by atoms with van der Waals surface area (Å²) in [6.45, 7) is 4.22. The summed E-state index contributed by atoms with van der Waals surface area (Å²) in [6, 6.07) is 15.0. The van der Waals surface area contributed by atoms with Gasteiger partial charge in [0.25, 0.3) is 11.7 Å². The number of anilines is 1. The Kier molecular flexibility index (Phi) is 4.98. The maximum absolute atomic E-state index is 13.0. The van der Waals surface area contributed by atoms with E-state index in [-0.39, 0.29) is 11.5 Å². The highest BCUT2D eigenvalue weighted by atomic mass is 19.1. The first-order valence-corrected chi connectivity index (χ1v) is 8.26. The lowest BCUT2D eigenvalue weighted by Crippen LogP contribution is -2.25. The average molecular weight is 350 g/mol. The monoisotopic (exact) mass is 350 g/mol. The fourth-order valence-electron chi connectivity index (χ4n) is 2.79. The van der Waals surface area contributed by atoms with Crippen molar-refractivity contribution in [3.05, 3.63) is 89.0 Å². The van der Waals surface area contributed by atoms with Crippen molar-refractivity contribution >= 4 is 17.4 Å². The molecule has 3 rings (SSSR count). The number of hydrogen-bond acceptors (Lipinski definition) is 2. The first kappa shape index (κ1) is 17.6. The molecule has 1 amide bonds. The Morgan fingerprint density at radius 2 is 1.77 bits per heavy atom. The van der Waals surface area contributed by atoms with E-state index in [4.69, 9.17) is 0 Å². The van der Waals surface area contributed by atoms with Gasteiger partial charge in [-0.25, -0.2) is 4.39 Å². The Labute approximate surface area is 151 Å². The Balaban J connectivity index is 1.76. The van der Waals surface area contributed by atoms with E-state index in [1.54, 1.807) is 41.1 Å². The van der Waals surface area contributed by atoms with Gasteiger partial charge in [-0.1, -0.05) is 29.8 Å². The van der Waals surface area contributed by atoms with Gasteiger partial charge in [0.15, 0.2) is 0 Å². The Bertz CT molecular complexity index is 958. The molecule has 0 aliphatic carbocycles. The van der Waals surface area contributed by atoms with Crippen LogP contribution in [-0.2, 0) is 11.3 Å². The lowest BCUT2D eigenvalue weighted by molar-refractivity contribution is -0.112. The highest BCUT2D eigenvalue weighted by molar-refractivity contribution is 6.46. The van der Waals surface area contributed by atoms with Gasteiger partial charge in [0.1, 0.15) is 5.82 Å². The van der Waals surface area contributed by atoms with Crippen LogP contribution in [0.5, 0.6) is 0 Å². The van der Waals surface area contributed by atoms with Gasteiger partial charge in [0.05, 0.1) is 5.69 Å². The number of rotatable bonds is 5. The molecular formula is C21H19FN2O2. The molecule has 26 heavy (non-hydrogen) atoms. The number of ketones is 1. The number of Topliss-reactive ketones (excluding diaryl/α,β-unsaturated/α-hetero) is 1. The molecule has 1 aromatic heterocycles. The molecule has 0 fully saturated rings. The van der Waals surface area contributed by atoms with Crippen molar-refractivity contribution in [1.82, 2.24) is 4.57 Å². The number of hydrogen-bond donors (Lipinski definition) is 1. The molecule has 2 aromatic carbocycles. The third-order valence-electron chi connectivity index (χ3n) is 4.16. The van der Waals surface area contributed by atoms with E-state index in [1.165, 1.54) is 12.1 Å². The maximum Gasteiger partial charge on any atom is 0.298 e. The smallest absolute Gasteiger partial charge is 0.298 e. The molecule has 5 heteroatoms. The predicted octanol–water partition coefficient (Wildman–Crippen LogP) is 4.11. The number of aromatic nitrogens is 1. The van der Waals surface area contributed by atoms with Crippen molar-refractivity contribution in [2.75, 3.05) is 5.32 Å². The van der Waals surface area contributed by atoms with E-state index >= 15 is 0 Å². The molecule has 0 bridgehead atoms. The number of amides is 1. The second-order valence-corrected chi connectivity index (χ2v) is 6.25. The highest BCUT2D eigenvalue weighted by Gasteiger charge is 2.20. The van der Waals surface area contributed by atoms with Crippen molar-refractivity contribution in [3.8, 4) is 0 Å². The Morgan fingerprint density at radius 3 is 2.46 bits per heavy atom. The minimum Gasteiger partial charge on any atom is -0.340 e. The second-order valence-electron chi connectivity index (χ2n) is 6.25. The number of benzene rings is 2. The minimum absolute atomic E-state index is 0.289. The topological polar surface area (TPSA) is 51.1 Å². The van der Waals surface area contributed by atoms with Crippen molar-refractivity contribution < 1.29 is 14.0 Å². The number of carbonyl (C=O) groups is 2. The van der Waals surface area contributed by atoms with Gasteiger partial charge in [0.2, 0.25) is 0 Å². The summed E-state index contributed by atoms with van der Waals surface area (Å²) >= 11 is 0. The lowest BCUT2D eigenvalue weighted by Gasteiger charge is -2.11. The highest BCUT2D eigenvalue weighted by Crippen LogP contribution is 2.17. The van der Waals surface area contributed by atoms with Crippen LogP contribution in [0.2, 0.25) is 0 Å². The quantitative estimate of drug-likeness (QED) is 0.556. The van der Waals surface area contributed by atoms with Gasteiger partial charge in [-0.2, -0.15) is 0 Å². The largest absolute Gasteiger partial charge is 0.340 e. The molecule has 0 saturated carbocycles. The van der Waals surface area contributed by atoms with E-state index < -0.39 is 11.7 Å². The lowest BCUT2D eigenvalue weighted by atomic mass is 10.1. The van der Waals surface area contributed by atoms with Crippen LogP contribution in [0.4, 0.5) is 10.1 Å². The number of nitrogens with zero attached hydrogens (tertiary/aromatic N) is 1. The maximum atomic E-state index is 13.0. The SMILES string of the molecule is Cc1ccc(NC(=O)C(=O)c2cccn2Cc2ccc(F)cc2)c(C)c1. The zero-order valence-electron chi connectivity index (χ0n) is 14.6. The van der Waals surface area contributed by atoms with Crippen LogP contribution in [0.25, 0.3) is 0 Å². The molecule has 3 aromatic rings. The number of carbonyl (C=O) groups excluding carboxylic acids is 2. The summed E-state index contributed by atoms with van der Waals surface area (Å²) in [5, 5.41) is 2.67. The van der Waals surface area contributed by atoms with Crippen molar-refractivity contribution in [2.45, 2.75) is 20.4 Å². The molecule has 0 atom stereocenters. The fraction of sp³-hybridized carbons (Fsp3) is 0.143. The molecule has 0 saturated heterocycles. The molecule has 1 heterocycles. The zero-order valence-corrected chi connectivity index (χ0v) is 14.6. The summed E-state index contributed by atoms with van der Waals surface area (Å²) in [7, 11) is 0. The summed E-state index contributed by atoms with van der Waals surface area (Å²) in [4.78, 5) is 24.9. The summed E-state index contributed by atoms with van der Waals surface area (Å²) in [5.74, 6) is -1.61. The van der Waals surface area contributed by atoms with E-state index in [1.807, 2.05) is 26.0 Å². The second kappa shape index (κ2) is 7.35. The molecule has 0 unspecified atom stereocenters. The van der Waals surface area contributed by atoms with Crippen LogP contribution < -0.4 is 5.32 Å². The third kappa shape index (κ3) is 3.88. The molecular weight excluding hydrogens is 331 g/mol. The summed E-state index contributed by atoms with van der Waals surface area (Å²) < 4.78 is 14.7. The molecule has 0 spiro atoms. The standard InChI is InChI=1S/C21H19FN2O2/c1-14-5-10-18(15(2)12-14)23-21(26)20(25)19-4-3-11-24(19)13-16-6-8-17(22)9-7-16/h3-12H,13H2,1-2H3,(H,23,26). The molecule has 0 aliphatic rings. The van der Waals surface area contributed by atoms with Gasteiger partial charge in [-0.15, -0.1) is 0 Å². The summed E-state index contributed by atoms with van der Waals surface area (Å²) in [6.07, 6.45) is 1.72. The number of nitrogens with one attached hydrogen (secondary N) is 1. The number of halogens is 1. The third-order valence-corrected chi connectivity index (χ3v) is 4.16. The van der Waals surface area contributed by atoms with Crippen LogP contribution >= 0.6 is 0 Å². The van der Waals surface area contributed by atoms with Crippen LogP contribution in [0.3, 0.4) is 0 Å². The van der Waals surface area contributed by atoms with Crippen molar-refractivity contribution in [3.63, 3.8) is 0 Å². The van der Waals surface area contributed by atoms with E-state index in [9.17, 15) is 14.0 Å².